The van der Waals surface area contributed by atoms with Crippen LogP contribution in [-0.4, -0.2) is 69.5 Å². The second kappa shape index (κ2) is 9.55. The summed E-state index contributed by atoms with van der Waals surface area (Å²) in [5, 5.41) is 10.3. The Morgan fingerprint density at radius 3 is 2.18 bits per heavy atom. The molecule has 3 heterocycles. The number of benzene rings is 2. The number of phenolic OH excluding ortho intramolecular Hbond substituents is 1. The maximum absolute atomic E-state index is 12.9. The van der Waals surface area contributed by atoms with E-state index in [2.05, 4.69) is 40.7 Å². The molecule has 1 N–H and O–H groups in total. The Balaban J connectivity index is 1.52. The van der Waals surface area contributed by atoms with Crippen LogP contribution in [0.3, 0.4) is 0 Å². The Labute approximate surface area is 203 Å². The molecule has 2 aromatic carbocycles. The molecule has 5 nitrogen and oxygen atoms in total. The quantitative estimate of drug-likeness (QED) is 0.575. The maximum atomic E-state index is 12.9. The van der Waals surface area contributed by atoms with Gasteiger partial charge in [0.2, 0.25) is 0 Å². The normalized spacial score (nSPS) is 27.0. The summed E-state index contributed by atoms with van der Waals surface area (Å²) in [4.78, 5) is 20.2. The summed E-state index contributed by atoms with van der Waals surface area (Å²) in [5.41, 5.74) is 3.05. The molecule has 4 unspecified atom stereocenters. The number of hydrogen-bond donors (Lipinski definition) is 1. The number of piperazine rings is 1. The first-order valence-electron chi connectivity index (χ1n) is 12.9. The molecular formula is C29H37N3O2. The van der Waals surface area contributed by atoms with Crippen LogP contribution in [0.2, 0.25) is 0 Å². The molecule has 3 saturated heterocycles. The van der Waals surface area contributed by atoms with E-state index in [0.717, 1.165) is 17.7 Å². The van der Waals surface area contributed by atoms with Crippen LogP contribution < -0.4 is 0 Å². The number of amides is 1. The van der Waals surface area contributed by atoms with Crippen molar-refractivity contribution in [3.63, 3.8) is 0 Å². The monoisotopic (exact) mass is 459 g/mol. The van der Waals surface area contributed by atoms with Crippen molar-refractivity contribution in [2.24, 2.45) is 0 Å². The number of nitrogens with zero attached hydrogens (tertiary/aromatic N) is 3. The number of aromatic hydroxyl groups is 1. The molecule has 4 bridgehead atoms. The van der Waals surface area contributed by atoms with Crippen LogP contribution in [0.1, 0.15) is 67.1 Å². The van der Waals surface area contributed by atoms with Gasteiger partial charge in [0.05, 0.1) is 6.04 Å². The van der Waals surface area contributed by atoms with Crippen molar-refractivity contribution < 1.29 is 9.90 Å². The molecular weight excluding hydrogens is 422 g/mol. The summed E-state index contributed by atoms with van der Waals surface area (Å²) in [5.74, 6) is 0.387. The third-order valence-corrected chi connectivity index (χ3v) is 8.37. The fourth-order valence-corrected chi connectivity index (χ4v) is 6.95. The van der Waals surface area contributed by atoms with E-state index in [4.69, 9.17) is 0 Å². The van der Waals surface area contributed by atoms with Crippen LogP contribution in [-0.2, 0) is 0 Å². The van der Waals surface area contributed by atoms with Gasteiger partial charge in [0, 0.05) is 49.4 Å². The molecule has 0 aromatic heterocycles. The smallest absolute Gasteiger partial charge is 0.253 e. The maximum Gasteiger partial charge on any atom is 0.253 e. The average molecular weight is 460 g/mol. The second-order valence-corrected chi connectivity index (χ2v) is 9.95. The highest BCUT2D eigenvalue weighted by Gasteiger charge is 2.56. The fourth-order valence-electron chi connectivity index (χ4n) is 6.95. The lowest BCUT2D eigenvalue weighted by Gasteiger charge is -2.50. The van der Waals surface area contributed by atoms with E-state index < -0.39 is 0 Å². The van der Waals surface area contributed by atoms with Gasteiger partial charge in [0.1, 0.15) is 5.75 Å². The van der Waals surface area contributed by atoms with Crippen molar-refractivity contribution >= 4 is 5.91 Å². The summed E-state index contributed by atoms with van der Waals surface area (Å²) in [7, 11) is 0. The zero-order chi connectivity index (χ0) is 23.8. The number of hydrogen-bond acceptors (Lipinski definition) is 4. The van der Waals surface area contributed by atoms with Gasteiger partial charge in [0.15, 0.2) is 0 Å². The highest BCUT2D eigenvalue weighted by molar-refractivity contribution is 5.94. The van der Waals surface area contributed by atoms with Crippen molar-refractivity contribution in [3.05, 3.63) is 77.9 Å². The predicted octanol–water partition coefficient (Wildman–Crippen LogP) is 4.83. The van der Waals surface area contributed by atoms with Crippen molar-refractivity contribution in [1.29, 1.82) is 0 Å². The minimum absolute atomic E-state index is 0.0659. The molecule has 0 radical (unpaired) electrons. The van der Waals surface area contributed by atoms with Crippen LogP contribution in [0.15, 0.2) is 61.2 Å². The molecule has 3 fully saturated rings. The largest absolute Gasteiger partial charge is 0.508 e. The van der Waals surface area contributed by atoms with Gasteiger partial charge in [-0.3, -0.25) is 14.6 Å². The Morgan fingerprint density at radius 1 is 1.00 bits per heavy atom. The topological polar surface area (TPSA) is 47.0 Å². The van der Waals surface area contributed by atoms with Crippen LogP contribution in [0.25, 0.3) is 0 Å². The number of carbonyl (C=O) groups excluding carboxylic acids is 1. The number of carbonyl (C=O) groups is 1. The molecule has 3 aliphatic heterocycles. The lowest BCUT2D eigenvalue weighted by Crippen LogP contribution is -2.60. The predicted molar refractivity (Wildman–Crippen MR) is 136 cm³/mol. The van der Waals surface area contributed by atoms with E-state index in [1.54, 1.807) is 6.07 Å². The van der Waals surface area contributed by atoms with Crippen molar-refractivity contribution in [2.45, 2.75) is 69.7 Å². The molecule has 0 aliphatic carbocycles. The van der Waals surface area contributed by atoms with Crippen LogP contribution in [0, 0.1) is 0 Å². The molecule has 0 saturated carbocycles. The minimum Gasteiger partial charge on any atom is -0.508 e. The number of fused-ring (bicyclic) bond motifs is 6. The molecule has 180 valence electrons. The van der Waals surface area contributed by atoms with Crippen molar-refractivity contribution in [1.82, 2.24) is 14.7 Å². The van der Waals surface area contributed by atoms with Gasteiger partial charge in [-0.1, -0.05) is 30.3 Å². The molecule has 2 aromatic rings. The summed E-state index contributed by atoms with van der Waals surface area (Å²) < 4.78 is 0. The first kappa shape index (κ1) is 23.1. The van der Waals surface area contributed by atoms with Gasteiger partial charge >= 0.3 is 0 Å². The van der Waals surface area contributed by atoms with E-state index in [9.17, 15) is 9.90 Å². The Bertz CT molecular complexity index is 1010. The van der Waals surface area contributed by atoms with E-state index >= 15 is 0 Å². The molecule has 1 amide bonds. The van der Waals surface area contributed by atoms with Gasteiger partial charge in [0.25, 0.3) is 5.91 Å². The molecule has 34 heavy (non-hydrogen) atoms. The summed E-state index contributed by atoms with van der Waals surface area (Å²) in [6.45, 7) is 10.4. The first-order valence-corrected chi connectivity index (χ1v) is 12.9. The highest BCUT2D eigenvalue weighted by atomic mass is 16.3. The van der Waals surface area contributed by atoms with Crippen LogP contribution in [0.4, 0.5) is 0 Å². The highest BCUT2D eigenvalue weighted by Crippen LogP contribution is 2.50. The van der Waals surface area contributed by atoms with Gasteiger partial charge in [-0.2, -0.15) is 0 Å². The molecule has 5 heteroatoms. The lowest BCUT2D eigenvalue weighted by molar-refractivity contribution is -0.00329. The van der Waals surface area contributed by atoms with Gasteiger partial charge < -0.3 is 10.0 Å². The number of phenols is 1. The summed E-state index contributed by atoms with van der Waals surface area (Å²) in [6.07, 6.45) is 6.99. The molecule has 5 atom stereocenters. The van der Waals surface area contributed by atoms with Crippen molar-refractivity contribution in [3.8, 4) is 5.75 Å². The van der Waals surface area contributed by atoms with E-state index in [1.165, 1.54) is 31.2 Å². The van der Waals surface area contributed by atoms with E-state index in [1.807, 2.05) is 43.0 Å². The van der Waals surface area contributed by atoms with Crippen LogP contribution in [0.5, 0.6) is 5.75 Å². The minimum atomic E-state index is 0.0659. The molecule has 5 rings (SSSR count). The number of rotatable bonds is 8. The lowest BCUT2D eigenvalue weighted by atomic mass is 9.91. The van der Waals surface area contributed by atoms with Gasteiger partial charge in [-0.05, 0) is 74.9 Å². The molecule has 0 spiro atoms. The Kier molecular flexibility index (Phi) is 6.50. The van der Waals surface area contributed by atoms with Crippen molar-refractivity contribution in [2.75, 3.05) is 19.6 Å². The zero-order valence-corrected chi connectivity index (χ0v) is 20.4. The second-order valence-electron chi connectivity index (χ2n) is 9.95. The standard InChI is InChI=1S/C29H37N3O2/c1-4-18-31-24-14-15-25(31)27-17-16-26(24)32(27)28(22-8-7-9-23(33)19-22)20-10-12-21(13-11-20)29(34)30(5-2)6-3/h4,7-13,19,24-28,33H,1,5-6,14-18H2,2-3H3/t24?,25?,26-,27?,28?/m1/s1. The Morgan fingerprint density at radius 2 is 1.62 bits per heavy atom. The third-order valence-electron chi connectivity index (χ3n) is 8.37. The van der Waals surface area contributed by atoms with E-state index in [0.29, 0.717) is 43.0 Å². The first-order chi connectivity index (χ1) is 16.6. The van der Waals surface area contributed by atoms with Gasteiger partial charge in [-0.15, -0.1) is 6.58 Å². The Hall–Kier alpha value is -2.63. The average Bonchev–Trinajstić information content (AvgIpc) is 3.35. The summed E-state index contributed by atoms with van der Waals surface area (Å²) in [6, 6.07) is 18.1. The molecule has 3 aliphatic rings. The SMILES string of the molecule is C=CCN1C2CCC1[C@H]1CCC2N1C(c1ccc(C(=O)N(CC)CC)cc1)c1cccc(O)c1. The fraction of sp³-hybridized carbons (Fsp3) is 0.483. The van der Waals surface area contributed by atoms with Gasteiger partial charge in [-0.25, -0.2) is 0 Å². The zero-order valence-electron chi connectivity index (χ0n) is 20.4. The third kappa shape index (κ3) is 3.85. The van der Waals surface area contributed by atoms with Crippen LogP contribution >= 0.6 is 0 Å². The summed E-state index contributed by atoms with van der Waals surface area (Å²) >= 11 is 0. The van der Waals surface area contributed by atoms with E-state index in [-0.39, 0.29) is 11.9 Å².